The quantitative estimate of drug-likeness (QED) is 0.241. The Morgan fingerprint density at radius 3 is 2.48 bits per heavy atom. The zero-order valence-electron chi connectivity index (χ0n) is 23.8. The van der Waals surface area contributed by atoms with Gasteiger partial charge in [-0.15, -0.1) is 0 Å². The van der Waals surface area contributed by atoms with Crippen molar-refractivity contribution in [2.24, 2.45) is 4.99 Å². The van der Waals surface area contributed by atoms with Gasteiger partial charge in [0, 0.05) is 17.3 Å². The number of aromatic nitrogens is 3. The van der Waals surface area contributed by atoms with Gasteiger partial charge in [-0.3, -0.25) is 9.36 Å². The number of para-hydroxylation sites is 1. The molecule has 44 heavy (non-hydrogen) atoms. The van der Waals surface area contributed by atoms with Gasteiger partial charge >= 0.3 is 5.97 Å². The number of nitrogens with zero attached hydrogens (tertiary/aromatic N) is 4. The summed E-state index contributed by atoms with van der Waals surface area (Å²) in [4.78, 5) is 32.1. The van der Waals surface area contributed by atoms with E-state index in [1.54, 1.807) is 49.9 Å². The molecule has 0 bridgehead atoms. The molecule has 2 aromatic heterocycles. The van der Waals surface area contributed by atoms with Crippen molar-refractivity contribution in [3.63, 3.8) is 0 Å². The van der Waals surface area contributed by atoms with Crippen molar-refractivity contribution in [2.75, 3.05) is 6.61 Å². The van der Waals surface area contributed by atoms with Gasteiger partial charge in [-0.2, -0.15) is 5.10 Å². The number of aryl methyl sites for hydroxylation is 1. The summed E-state index contributed by atoms with van der Waals surface area (Å²) in [5, 5.41) is 4.64. The molecule has 11 heteroatoms. The predicted molar refractivity (Wildman–Crippen MR) is 160 cm³/mol. The van der Waals surface area contributed by atoms with E-state index in [0.717, 1.165) is 23.5 Å². The van der Waals surface area contributed by atoms with Crippen molar-refractivity contribution in [3.8, 4) is 16.9 Å². The predicted octanol–water partition coefficient (Wildman–Crippen LogP) is 5.38. The summed E-state index contributed by atoms with van der Waals surface area (Å²) in [6.07, 6.45) is 3.29. The molecule has 0 saturated carbocycles. The maximum Gasteiger partial charge on any atom is 0.338 e. The molecule has 7 nitrogen and oxygen atoms in total. The summed E-state index contributed by atoms with van der Waals surface area (Å²) in [7, 11) is 0. The summed E-state index contributed by atoms with van der Waals surface area (Å²) < 4.78 is 51.3. The van der Waals surface area contributed by atoms with E-state index in [4.69, 9.17) is 4.74 Å². The van der Waals surface area contributed by atoms with E-state index in [1.165, 1.54) is 16.7 Å². The van der Waals surface area contributed by atoms with Gasteiger partial charge in [0.25, 0.3) is 5.56 Å². The minimum absolute atomic E-state index is 0.104. The fourth-order valence-electron chi connectivity index (χ4n) is 5.10. The van der Waals surface area contributed by atoms with Crippen LogP contribution in [0.2, 0.25) is 0 Å². The highest BCUT2D eigenvalue weighted by atomic mass is 32.1. The van der Waals surface area contributed by atoms with E-state index < -0.39 is 35.0 Å². The highest BCUT2D eigenvalue weighted by Crippen LogP contribution is 2.32. The first-order chi connectivity index (χ1) is 21.2. The molecule has 3 heterocycles. The molecule has 222 valence electrons. The van der Waals surface area contributed by atoms with E-state index in [0.29, 0.717) is 44.1 Å². The molecule has 1 atom stereocenters. The number of allylic oxidation sites excluding steroid dienone is 1. The molecule has 0 saturated heterocycles. The van der Waals surface area contributed by atoms with Crippen LogP contribution in [0.15, 0.2) is 94.0 Å². The zero-order chi connectivity index (χ0) is 31.1. The molecule has 1 aliphatic heterocycles. The molecule has 6 rings (SSSR count). The van der Waals surface area contributed by atoms with E-state index in [-0.39, 0.29) is 16.7 Å². The first kappa shape index (κ1) is 29.1. The Morgan fingerprint density at radius 2 is 1.77 bits per heavy atom. The Balaban J connectivity index is 1.58. The summed E-state index contributed by atoms with van der Waals surface area (Å²) in [6, 6.07) is 16.3. The van der Waals surface area contributed by atoms with E-state index in [2.05, 4.69) is 10.1 Å². The van der Waals surface area contributed by atoms with Crippen molar-refractivity contribution in [2.45, 2.75) is 26.8 Å². The highest BCUT2D eigenvalue weighted by Gasteiger charge is 2.33. The minimum Gasteiger partial charge on any atom is -0.463 e. The number of fused-ring (bicyclic) bond motifs is 1. The van der Waals surface area contributed by atoms with Crippen LogP contribution in [0.4, 0.5) is 13.2 Å². The number of hydrogen-bond donors (Lipinski definition) is 0. The SMILES string of the molecule is CCOC(=O)C1=C(C)N=c2sc(=Cc3cn(-c4ccccc4)nc3-c3ccc(F)c(F)c3)c(=O)n2C1c1ccc(C)c(F)c1. The number of hydrogen-bond acceptors (Lipinski definition) is 6. The number of ether oxygens (including phenoxy) is 1. The Bertz CT molecular complexity index is 2150. The molecule has 0 spiro atoms. The van der Waals surface area contributed by atoms with Crippen molar-refractivity contribution in [1.29, 1.82) is 0 Å². The fourth-order valence-corrected chi connectivity index (χ4v) is 6.14. The highest BCUT2D eigenvalue weighted by molar-refractivity contribution is 7.07. The van der Waals surface area contributed by atoms with Crippen LogP contribution in [0.25, 0.3) is 23.0 Å². The second-order valence-electron chi connectivity index (χ2n) is 10.2. The average molecular weight is 615 g/mol. The average Bonchev–Trinajstić information content (AvgIpc) is 3.56. The fraction of sp³-hybridized carbons (Fsp3) is 0.152. The van der Waals surface area contributed by atoms with Crippen LogP contribution in [-0.2, 0) is 9.53 Å². The van der Waals surface area contributed by atoms with Gasteiger partial charge in [-0.1, -0.05) is 41.7 Å². The molecular formula is C33H25F3N4O3S. The van der Waals surface area contributed by atoms with Crippen LogP contribution in [0, 0.1) is 24.4 Å². The number of carbonyl (C=O) groups excluding carboxylic acids is 1. The molecule has 0 fully saturated rings. The molecule has 3 aromatic carbocycles. The lowest BCUT2D eigenvalue weighted by Crippen LogP contribution is -2.40. The molecule has 1 unspecified atom stereocenters. The van der Waals surface area contributed by atoms with E-state index in [1.807, 2.05) is 30.3 Å². The summed E-state index contributed by atoms with van der Waals surface area (Å²) in [6.45, 7) is 5.04. The lowest BCUT2D eigenvalue weighted by molar-refractivity contribution is -0.139. The number of thiazole rings is 1. The molecule has 5 aromatic rings. The van der Waals surface area contributed by atoms with Crippen molar-refractivity contribution in [1.82, 2.24) is 14.3 Å². The van der Waals surface area contributed by atoms with Gasteiger partial charge in [-0.05, 0) is 74.4 Å². The molecule has 0 aliphatic carbocycles. The largest absolute Gasteiger partial charge is 0.463 e. The normalized spacial score (nSPS) is 14.9. The number of halogens is 3. The molecule has 0 radical (unpaired) electrons. The smallest absolute Gasteiger partial charge is 0.338 e. The lowest BCUT2D eigenvalue weighted by atomic mass is 9.95. The van der Waals surface area contributed by atoms with Gasteiger partial charge in [0.1, 0.15) is 11.5 Å². The van der Waals surface area contributed by atoms with Crippen molar-refractivity contribution in [3.05, 3.63) is 138 Å². The molecule has 1 aliphatic rings. The van der Waals surface area contributed by atoms with Crippen LogP contribution >= 0.6 is 11.3 Å². The third-order valence-corrected chi connectivity index (χ3v) is 8.25. The van der Waals surface area contributed by atoms with Gasteiger partial charge in [0.15, 0.2) is 16.4 Å². The lowest BCUT2D eigenvalue weighted by Gasteiger charge is -2.24. The summed E-state index contributed by atoms with van der Waals surface area (Å²) in [5.41, 5.74) is 2.62. The number of esters is 1. The third kappa shape index (κ3) is 5.19. The van der Waals surface area contributed by atoms with Crippen LogP contribution in [0.1, 0.15) is 36.6 Å². The molecule has 0 amide bonds. The number of carbonyl (C=O) groups is 1. The van der Waals surface area contributed by atoms with Gasteiger partial charge < -0.3 is 4.74 Å². The van der Waals surface area contributed by atoms with E-state index >= 15 is 0 Å². The second-order valence-corrected chi connectivity index (χ2v) is 11.2. The third-order valence-electron chi connectivity index (χ3n) is 7.27. The standard InChI is InChI=1S/C33H25F3N4O3S/c1-4-43-32(42)28-19(3)37-33-40(30(28)21-11-10-18(2)25(35)15-21)31(41)27(44-33)16-22-17-39(23-8-6-5-7-9-23)38-29(22)20-12-13-24(34)26(36)14-20/h5-17,30H,4H2,1-3H3. The maximum atomic E-state index is 14.8. The second kappa shape index (κ2) is 11.6. The number of rotatable bonds is 6. The van der Waals surface area contributed by atoms with Crippen molar-refractivity contribution >= 4 is 23.4 Å². The van der Waals surface area contributed by atoms with Crippen LogP contribution < -0.4 is 14.9 Å². The van der Waals surface area contributed by atoms with Crippen LogP contribution in [-0.4, -0.2) is 26.9 Å². The first-order valence-corrected chi connectivity index (χ1v) is 14.5. The summed E-state index contributed by atoms with van der Waals surface area (Å²) >= 11 is 1.09. The first-order valence-electron chi connectivity index (χ1n) is 13.7. The molecule has 0 N–H and O–H groups in total. The van der Waals surface area contributed by atoms with Crippen molar-refractivity contribution < 1.29 is 22.7 Å². The zero-order valence-corrected chi connectivity index (χ0v) is 24.7. The van der Waals surface area contributed by atoms with Gasteiger partial charge in [0.05, 0.1) is 34.1 Å². The number of benzene rings is 3. The Kier molecular flexibility index (Phi) is 7.64. The summed E-state index contributed by atoms with van der Waals surface area (Å²) in [5.74, 6) is -3.16. The topological polar surface area (TPSA) is 78.5 Å². The van der Waals surface area contributed by atoms with Gasteiger partial charge in [-0.25, -0.2) is 27.6 Å². The minimum atomic E-state index is -1.03. The van der Waals surface area contributed by atoms with E-state index in [9.17, 15) is 22.8 Å². The maximum absolute atomic E-state index is 14.8. The Morgan fingerprint density at radius 1 is 1.00 bits per heavy atom. The monoisotopic (exact) mass is 614 g/mol. The Hall–Kier alpha value is -5.03. The van der Waals surface area contributed by atoms with Gasteiger partial charge in [0.2, 0.25) is 0 Å². The van der Waals surface area contributed by atoms with Crippen LogP contribution in [0.5, 0.6) is 0 Å². The molecular weight excluding hydrogens is 589 g/mol. The Labute approximate surface area is 253 Å². The van der Waals surface area contributed by atoms with Crippen LogP contribution in [0.3, 0.4) is 0 Å².